The average Bonchev–Trinajstić information content (AvgIpc) is 4.11. The number of rotatable bonds is 11. The van der Waals surface area contributed by atoms with Crippen LogP contribution < -0.4 is 16.4 Å². The Kier molecular flexibility index (Phi) is 13.1. The second-order valence-electron chi connectivity index (χ2n) is 18.8. The van der Waals surface area contributed by atoms with E-state index in [2.05, 4.69) is 42.3 Å². The number of sulfone groups is 1. The molecule has 6 aliphatic rings. The molecule has 0 radical (unpaired) electrons. The van der Waals surface area contributed by atoms with E-state index in [-0.39, 0.29) is 70.5 Å². The van der Waals surface area contributed by atoms with Gasteiger partial charge < -0.3 is 26.0 Å². The second kappa shape index (κ2) is 17.9. The van der Waals surface area contributed by atoms with Crippen molar-refractivity contribution in [1.82, 2.24) is 15.5 Å². The van der Waals surface area contributed by atoms with E-state index in [9.17, 15) is 22.8 Å². The molecule has 0 aromatic heterocycles. The van der Waals surface area contributed by atoms with Gasteiger partial charge in [-0.2, -0.15) is 0 Å². The van der Waals surface area contributed by atoms with Gasteiger partial charge in [0.25, 0.3) is 0 Å². The number of aryl methyl sites for hydroxylation is 1. The number of benzene rings is 1. The van der Waals surface area contributed by atoms with Crippen LogP contribution in [0.1, 0.15) is 145 Å². The van der Waals surface area contributed by atoms with Crippen LogP contribution in [0.15, 0.2) is 37.1 Å². The molecule has 2 aliphatic heterocycles. The monoisotopic (exact) mass is 818 g/mol. The highest BCUT2D eigenvalue weighted by Crippen LogP contribution is 2.47. The normalized spacial score (nSPS) is 31.0. The Labute approximate surface area is 345 Å². The summed E-state index contributed by atoms with van der Waals surface area (Å²) >= 11 is 0. The van der Waals surface area contributed by atoms with E-state index in [4.69, 9.17) is 10.5 Å². The van der Waals surface area contributed by atoms with E-state index in [0.717, 1.165) is 89.0 Å². The van der Waals surface area contributed by atoms with Crippen molar-refractivity contribution in [2.75, 3.05) is 18.9 Å². The van der Waals surface area contributed by atoms with Crippen molar-refractivity contribution in [2.24, 2.45) is 28.9 Å². The molecule has 12 heteroatoms. The number of hydrogen-bond acceptors (Lipinski definition) is 8. The van der Waals surface area contributed by atoms with Gasteiger partial charge in [-0.15, -0.1) is 6.58 Å². The summed E-state index contributed by atoms with van der Waals surface area (Å²) < 4.78 is 31.2. The van der Waals surface area contributed by atoms with Crippen molar-refractivity contribution >= 4 is 39.6 Å². The number of nitrogens with one attached hydrogen (secondary N) is 2. The van der Waals surface area contributed by atoms with Gasteiger partial charge in [-0.1, -0.05) is 63.3 Å². The summed E-state index contributed by atoms with van der Waals surface area (Å²) in [6.45, 7) is 6.79. The second-order valence-corrected chi connectivity index (χ2v) is 21.2. The Bertz CT molecular complexity index is 1850. The first kappa shape index (κ1) is 42.5. The largest absolute Gasteiger partial charge is 0.449 e. The molecule has 1 unspecified atom stereocenters. The fourth-order valence-electron chi connectivity index (χ4n) is 11.0. The van der Waals surface area contributed by atoms with Crippen molar-refractivity contribution in [3.8, 4) is 0 Å². The Morgan fingerprint density at radius 3 is 2.47 bits per heavy atom. The molecule has 3 amide bonds. The molecule has 4 bridgehead atoms. The molecule has 4 aliphatic carbocycles. The van der Waals surface area contributed by atoms with Crippen LogP contribution in [0, 0.1) is 23.2 Å². The number of nitrogens with two attached hydrogens (primary N) is 1. The summed E-state index contributed by atoms with van der Waals surface area (Å²) in [6.07, 6.45) is 19.5. The number of nitrogens with zero attached hydrogens (tertiary/aromatic N) is 1. The minimum Gasteiger partial charge on any atom is -0.449 e. The summed E-state index contributed by atoms with van der Waals surface area (Å²) in [6, 6.07) is 4.93. The zero-order chi connectivity index (χ0) is 41.1. The minimum atomic E-state index is -3.21. The number of ketones is 1. The zero-order valence-electron chi connectivity index (χ0n) is 34.6. The molecule has 4 saturated carbocycles. The molecule has 1 aromatic carbocycles. The number of alkyl carbamates (subject to hydrolysis) is 1. The topological polar surface area (TPSA) is 165 Å². The number of Topliss-reactive ketones (excluding diaryl/α,β-unsaturated/α-hetero) is 1. The zero-order valence-corrected chi connectivity index (χ0v) is 35.4. The first-order valence-electron chi connectivity index (χ1n) is 22.3. The molecule has 1 spiro atoms. The lowest BCUT2D eigenvalue weighted by atomic mass is 9.81. The molecule has 5 fully saturated rings. The number of hydrogen-bond donors (Lipinski definition) is 3. The molecular weight excluding hydrogens is 753 g/mol. The third-order valence-corrected chi connectivity index (χ3v) is 17.0. The van der Waals surface area contributed by atoms with Crippen LogP contribution in [0.2, 0.25) is 0 Å². The summed E-state index contributed by atoms with van der Waals surface area (Å²) in [4.78, 5) is 58.9. The number of carbonyl (C=O) groups is 4. The van der Waals surface area contributed by atoms with Crippen molar-refractivity contribution in [2.45, 2.75) is 158 Å². The van der Waals surface area contributed by atoms with Gasteiger partial charge in [-0.25, -0.2) is 13.2 Å². The van der Waals surface area contributed by atoms with Gasteiger partial charge in [-0.3, -0.25) is 14.4 Å². The average molecular weight is 819 g/mol. The third-order valence-electron chi connectivity index (χ3n) is 14.6. The molecule has 6 atom stereocenters. The maximum atomic E-state index is 15.0. The highest BCUT2D eigenvalue weighted by Gasteiger charge is 2.60. The van der Waals surface area contributed by atoms with Gasteiger partial charge in [0.1, 0.15) is 17.6 Å². The van der Waals surface area contributed by atoms with E-state index >= 15 is 4.79 Å². The van der Waals surface area contributed by atoms with Gasteiger partial charge >= 0.3 is 6.09 Å². The lowest BCUT2D eigenvalue weighted by molar-refractivity contribution is -0.142. The van der Waals surface area contributed by atoms with Crippen LogP contribution in [-0.2, 0) is 35.4 Å². The number of cyclic esters (lactones) is 1. The first-order valence-corrected chi connectivity index (χ1v) is 24.0. The minimum absolute atomic E-state index is 0.0261. The number of amides is 3. The Morgan fingerprint density at radius 2 is 1.78 bits per heavy atom. The molecule has 1 saturated heterocycles. The van der Waals surface area contributed by atoms with Crippen molar-refractivity contribution < 1.29 is 32.3 Å². The number of fused-ring (bicyclic) bond motifs is 4. The molecule has 2 heterocycles. The number of carbonyl (C=O) groups excluding carboxylic acids is 4. The van der Waals surface area contributed by atoms with E-state index in [0.29, 0.717) is 38.8 Å². The van der Waals surface area contributed by atoms with E-state index in [1.165, 1.54) is 11.1 Å². The van der Waals surface area contributed by atoms with Crippen LogP contribution in [-0.4, -0.2) is 78.8 Å². The fraction of sp³-hybridized carbons (Fsp3) is 0.696. The summed E-state index contributed by atoms with van der Waals surface area (Å²) in [7, 11) is -3.21. The van der Waals surface area contributed by atoms with Gasteiger partial charge in [0.15, 0.2) is 15.6 Å². The van der Waals surface area contributed by atoms with Gasteiger partial charge in [0, 0.05) is 24.3 Å². The van der Waals surface area contributed by atoms with Crippen molar-refractivity contribution in [3.05, 3.63) is 53.7 Å². The van der Waals surface area contributed by atoms with Gasteiger partial charge in [0.05, 0.1) is 17.6 Å². The summed E-state index contributed by atoms with van der Waals surface area (Å²) in [5.74, 6) is -1.17. The molecule has 7 rings (SSSR count). The SMILES string of the molecule is C=C[C@@H]1C[C@]1(NC(=O)[C@@H]1C[C@H]2CC(C)c3cc(ccc3/C=C\N)CCCC3(CCCC3)COC(=O)N[C@@H](C3CCCCC3)C(=O)N1C2)C(=O)CCCS(=O)(=O)C1CC1. The lowest BCUT2D eigenvalue weighted by Gasteiger charge is -2.35. The molecule has 318 valence electrons. The third kappa shape index (κ3) is 9.52. The fourth-order valence-corrected chi connectivity index (χ4v) is 12.7. The van der Waals surface area contributed by atoms with Crippen LogP contribution in [0.3, 0.4) is 0 Å². The van der Waals surface area contributed by atoms with E-state index in [1.807, 2.05) is 6.08 Å². The predicted molar refractivity (Wildman–Crippen MR) is 225 cm³/mol. The van der Waals surface area contributed by atoms with Gasteiger partial charge in [-0.05, 0) is 130 Å². The smallest absolute Gasteiger partial charge is 0.407 e. The molecule has 11 nitrogen and oxygen atoms in total. The maximum Gasteiger partial charge on any atom is 0.407 e. The molecular formula is C46H66N4O7S. The molecule has 1 aromatic rings. The van der Waals surface area contributed by atoms with Crippen LogP contribution >= 0.6 is 0 Å². The van der Waals surface area contributed by atoms with E-state index in [1.54, 1.807) is 17.2 Å². The van der Waals surface area contributed by atoms with Crippen LogP contribution in [0.4, 0.5) is 4.79 Å². The first-order chi connectivity index (χ1) is 27.9. The molecule has 4 N–H and O–H groups in total. The Hall–Kier alpha value is -3.67. The van der Waals surface area contributed by atoms with Crippen LogP contribution in [0.5, 0.6) is 0 Å². The summed E-state index contributed by atoms with van der Waals surface area (Å²) in [5.41, 5.74) is 8.17. The van der Waals surface area contributed by atoms with E-state index < -0.39 is 33.6 Å². The Morgan fingerprint density at radius 1 is 1.03 bits per heavy atom. The standard InChI is InChI=1S/C46H66N4O7S/c1-3-36-28-46(36,40(51)14-10-24-58(55,56)37-17-18-37)49-42(52)39-27-33-25-31(2)38-26-32(15-16-34(38)19-23-47)11-9-22-45(20-7-8-21-45)30-57-44(54)48-41(43(53)50(39)29-33)35-12-5-4-6-13-35/h3,15-16,19,23,26,31,33,35-37,39,41H,1,4-14,17-18,20-22,24-25,27-30,47H2,2H3,(H,48,54)(H,49,52)/b23-19-/t31?,33-,36-,39+,41+,46-/m1/s1. The Balaban J connectivity index is 1.17. The molecule has 58 heavy (non-hydrogen) atoms. The predicted octanol–water partition coefficient (Wildman–Crippen LogP) is 6.89. The van der Waals surface area contributed by atoms with Crippen molar-refractivity contribution in [1.29, 1.82) is 0 Å². The highest BCUT2D eigenvalue weighted by atomic mass is 32.2. The lowest BCUT2D eigenvalue weighted by Crippen LogP contribution is -2.58. The highest BCUT2D eigenvalue weighted by molar-refractivity contribution is 7.92. The maximum absolute atomic E-state index is 15.0. The summed E-state index contributed by atoms with van der Waals surface area (Å²) in [5, 5.41) is 5.87. The number of ether oxygens (including phenoxy) is 1. The van der Waals surface area contributed by atoms with Crippen LogP contribution in [0.25, 0.3) is 6.08 Å². The van der Waals surface area contributed by atoms with Crippen molar-refractivity contribution in [3.63, 3.8) is 0 Å². The quantitative estimate of drug-likeness (QED) is 0.203. The van der Waals surface area contributed by atoms with Gasteiger partial charge in [0.2, 0.25) is 11.8 Å².